The number of alkyl halides is 3. The second-order valence-corrected chi connectivity index (χ2v) is 6.36. The van der Waals surface area contributed by atoms with E-state index in [1.165, 1.54) is 11.0 Å². The van der Waals surface area contributed by atoms with E-state index in [0.29, 0.717) is 0 Å². The van der Waals surface area contributed by atoms with Crippen molar-refractivity contribution in [3.05, 3.63) is 65.2 Å². The van der Waals surface area contributed by atoms with Crippen LogP contribution in [0, 0.1) is 11.3 Å². The summed E-state index contributed by atoms with van der Waals surface area (Å²) < 4.78 is 40.0. The highest BCUT2D eigenvalue weighted by atomic mass is 19.4. The maximum Gasteiger partial charge on any atom is 0.417 e. The minimum atomic E-state index is -4.66. The van der Waals surface area contributed by atoms with Gasteiger partial charge in [-0.25, -0.2) is 0 Å². The Kier molecular flexibility index (Phi) is 6.11. The van der Waals surface area contributed by atoms with Crippen molar-refractivity contribution in [1.29, 1.82) is 5.26 Å². The zero-order chi connectivity index (χ0) is 20.2. The Bertz CT molecular complexity index is 842. The molecule has 0 fully saturated rings. The second kappa shape index (κ2) is 8.12. The summed E-state index contributed by atoms with van der Waals surface area (Å²) >= 11 is 0. The maximum atomic E-state index is 13.3. The number of anilines is 1. The standard InChI is InChI=1S/C20H20F3N3O/c1-14(19(27)25(2)3)26(13-15-7-5-4-6-8-15)17-10-9-16(12-24)18(11-17)20(21,22)23/h4-11,14H,13H2,1-3H3/t14-/m0/s1. The molecule has 0 spiro atoms. The summed E-state index contributed by atoms with van der Waals surface area (Å²) in [6, 6.07) is 13.6. The molecular weight excluding hydrogens is 355 g/mol. The number of carbonyl (C=O) groups is 1. The van der Waals surface area contributed by atoms with Crippen molar-refractivity contribution in [1.82, 2.24) is 4.90 Å². The van der Waals surface area contributed by atoms with E-state index in [1.807, 2.05) is 30.3 Å². The Morgan fingerprint density at radius 3 is 2.30 bits per heavy atom. The first-order valence-electron chi connectivity index (χ1n) is 8.28. The number of amides is 1. The predicted octanol–water partition coefficient (Wildman–Crippen LogP) is 4.06. The molecule has 0 bridgehead atoms. The SMILES string of the molecule is C[C@@H](C(=O)N(C)C)N(Cc1ccccc1)c1ccc(C#N)c(C(F)(F)F)c1. The lowest BCUT2D eigenvalue weighted by molar-refractivity contribution is -0.137. The Hall–Kier alpha value is -3.01. The number of halogens is 3. The fourth-order valence-electron chi connectivity index (χ4n) is 2.78. The van der Waals surface area contributed by atoms with E-state index in [4.69, 9.17) is 5.26 Å². The highest BCUT2D eigenvalue weighted by Gasteiger charge is 2.35. The van der Waals surface area contributed by atoms with Gasteiger partial charge >= 0.3 is 6.18 Å². The van der Waals surface area contributed by atoms with E-state index in [2.05, 4.69) is 0 Å². The molecule has 0 N–H and O–H groups in total. The van der Waals surface area contributed by atoms with Crippen molar-refractivity contribution in [3.63, 3.8) is 0 Å². The third kappa shape index (κ3) is 4.79. The summed E-state index contributed by atoms with van der Waals surface area (Å²) in [5.41, 5.74) is -0.371. The molecule has 0 aliphatic carbocycles. The van der Waals surface area contributed by atoms with Gasteiger partial charge in [-0.1, -0.05) is 30.3 Å². The lowest BCUT2D eigenvalue weighted by atomic mass is 10.0. The molecule has 0 saturated heterocycles. The molecule has 0 radical (unpaired) electrons. The molecule has 0 unspecified atom stereocenters. The van der Waals surface area contributed by atoms with Gasteiger partial charge in [-0.05, 0) is 30.7 Å². The molecule has 4 nitrogen and oxygen atoms in total. The van der Waals surface area contributed by atoms with Gasteiger partial charge in [0.05, 0.1) is 17.2 Å². The zero-order valence-corrected chi connectivity index (χ0v) is 15.3. The van der Waals surface area contributed by atoms with Gasteiger partial charge < -0.3 is 9.80 Å². The normalized spacial score (nSPS) is 12.2. The first kappa shape index (κ1) is 20.3. The number of likely N-dealkylation sites (N-methyl/N-ethyl adjacent to an activating group) is 1. The van der Waals surface area contributed by atoms with E-state index in [9.17, 15) is 18.0 Å². The summed E-state index contributed by atoms with van der Waals surface area (Å²) in [5.74, 6) is -0.233. The van der Waals surface area contributed by atoms with Crippen molar-refractivity contribution in [3.8, 4) is 6.07 Å². The average molecular weight is 375 g/mol. The summed E-state index contributed by atoms with van der Waals surface area (Å²) in [7, 11) is 3.19. The van der Waals surface area contributed by atoms with Gasteiger partial charge in [0.25, 0.3) is 0 Å². The molecule has 7 heteroatoms. The number of rotatable bonds is 5. The van der Waals surface area contributed by atoms with Gasteiger partial charge in [-0.2, -0.15) is 18.4 Å². The number of benzene rings is 2. The number of hydrogen-bond acceptors (Lipinski definition) is 3. The zero-order valence-electron chi connectivity index (χ0n) is 15.3. The Morgan fingerprint density at radius 1 is 1.15 bits per heavy atom. The molecule has 0 aromatic heterocycles. The van der Waals surface area contributed by atoms with Crippen molar-refractivity contribution in [2.24, 2.45) is 0 Å². The highest BCUT2D eigenvalue weighted by molar-refractivity contribution is 5.84. The largest absolute Gasteiger partial charge is 0.417 e. The van der Waals surface area contributed by atoms with Crippen LogP contribution in [-0.4, -0.2) is 30.9 Å². The molecule has 2 aromatic carbocycles. The number of hydrogen-bond donors (Lipinski definition) is 0. The summed E-state index contributed by atoms with van der Waals surface area (Å²) in [4.78, 5) is 15.5. The molecule has 2 aromatic rings. The van der Waals surface area contributed by atoms with Gasteiger partial charge in [0.1, 0.15) is 6.04 Å². The summed E-state index contributed by atoms with van der Waals surface area (Å²) in [6.07, 6.45) is -4.66. The van der Waals surface area contributed by atoms with Crippen molar-refractivity contribution in [2.75, 3.05) is 19.0 Å². The Balaban J connectivity index is 2.53. The van der Waals surface area contributed by atoms with Crippen LogP contribution in [0.5, 0.6) is 0 Å². The lowest BCUT2D eigenvalue weighted by Gasteiger charge is -2.32. The minimum Gasteiger partial charge on any atom is -0.355 e. The topological polar surface area (TPSA) is 47.3 Å². The van der Waals surface area contributed by atoms with Crippen LogP contribution in [0.4, 0.5) is 18.9 Å². The molecule has 27 heavy (non-hydrogen) atoms. The molecule has 142 valence electrons. The molecule has 2 rings (SSSR count). The fraction of sp³-hybridized carbons (Fsp3) is 0.300. The summed E-state index contributed by atoms with van der Waals surface area (Å²) in [6.45, 7) is 1.90. The van der Waals surface area contributed by atoms with Gasteiger partial charge in [-0.15, -0.1) is 0 Å². The molecule has 1 atom stereocenters. The van der Waals surface area contributed by atoms with E-state index >= 15 is 0 Å². The van der Waals surface area contributed by atoms with E-state index in [1.54, 1.807) is 32.0 Å². The Labute approximate surface area is 156 Å². The molecule has 0 heterocycles. The second-order valence-electron chi connectivity index (χ2n) is 6.36. The van der Waals surface area contributed by atoms with Crippen LogP contribution in [0.3, 0.4) is 0 Å². The lowest BCUT2D eigenvalue weighted by Crippen LogP contribution is -2.44. The fourth-order valence-corrected chi connectivity index (χ4v) is 2.78. The molecule has 1 amide bonds. The van der Waals surface area contributed by atoms with Crippen molar-refractivity contribution >= 4 is 11.6 Å². The van der Waals surface area contributed by atoms with Crippen molar-refractivity contribution in [2.45, 2.75) is 25.7 Å². The van der Waals surface area contributed by atoms with Crippen LogP contribution in [0.15, 0.2) is 48.5 Å². The van der Waals surface area contributed by atoms with Crippen molar-refractivity contribution < 1.29 is 18.0 Å². The third-order valence-corrected chi connectivity index (χ3v) is 4.22. The summed E-state index contributed by atoms with van der Waals surface area (Å²) in [5, 5.41) is 8.99. The van der Waals surface area contributed by atoms with Gasteiger partial charge in [0.2, 0.25) is 5.91 Å². The monoisotopic (exact) mass is 375 g/mol. The number of carbonyl (C=O) groups excluding carboxylic acids is 1. The highest BCUT2D eigenvalue weighted by Crippen LogP contribution is 2.35. The minimum absolute atomic E-state index is 0.230. The first-order valence-corrected chi connectivity index (χ1v) is 8.28. The Morgan fingerprint density at radius 2 is 1.78 bits per heavy atom. The molecular formula is C20H20F3N3O. The molecule has 0 aliphatic rings. The maximum absolute atomic E-state index is 13.3. The van der Waals surface area contributed by atoms with E-state index in [-0.39, 0.29) is 18.1 Å². The third-order valence-electron chi connectivity index (χ3n) is 4.22. The van der Waals surface area contributed by atoms with E-state index < -0.39 is 23.3 Å². The smallest absolute Gasteiger partial charge is 0.355 e. The number of nitriles is 1. The predicted molar refractivity (Wildman–Crippen MR) is 96.9 cm³/mol. The van der Waals surface area contributed by atoms with Crippen LogP contribution >= 0.6 is 0 Å². The van der Waals surface area contributed by atoms with Crippen LogP contribution in [0.2, 0.25) is 0 Å². The van der Waals surface area contributed by atoms with Gasteiger partial charge in [0, 0.05) is 26.3 Å². The average Bonchev–Trinajstić information content (AvgIpc) is 2.64. The number of nitrogens with zero attached hydrogens (tertiary/aromatic N) is 3. The van der Waals surface area contributed by atoms with Gasteiger partial charge in [-0.3, -0.25) is 4.79 Å². The molecule has 0 saturated carbocycles. The molecule has 0 aliphatic heterocycles. The van der Waals surface area contributed by atoms with Crippen LogP contribution < -0.4 is 4.90 Å². The van der Waals surface area contributed by atoms with Gasteiger partial charge in [0.15, 0.2) is 0 Å². The van der Waals surface area contributed by atoms with Crippen LogP contribution in [-0.2, 0) is 17.5 Å². The first-order chi connectivity index (χ1) is 12.6. The van der Waals surface area contributed by atoms with Crippen LogP contribution in [0.25, 0.3) is 0 Å². The van der Waals surface area contributed by atoms with Crippen LogP contribution in [0.1, 0.15) is 23.6 Å². The van der Waals surface area contributed by atoms with E-state index in [0.717, 1.165) is 17.7 Å². The quantitative estimate of drug-likeness (QED) is 0.792.